The Hall–Kier alpha value is -1.40. The minimum Gasteiger partial charge on any atom is -0.550 e. The fourth-order valence-corrected chi connectivity index (χ4v) is 0.340. The second-order valence-electron chi connectivity index (χ2n) is 2.48. The van der Waals surface area contributed by atoms with Crippen LogP contribution in [0.25, 0.3) is 0 Å². The molecule has 1 rings (SSSR count). The van der Waals surface area contributed by atoms with E-state index in [1.54, 1.807) is 0 Å². The third-order valence-electron chi connectivity index (χ3n) is 0.586. The number of carboxylic acid groups (broad SMARTS) is 3. The number of carbonyl (C=O) groups excluding carboxylic acids is 3. The van der Waals surface area contributed by atoms with Gasteiger partial charge in [-0.15, -0.1) is 6.42 Å². The average Bonchev–Trinajstić information content (AvgIpc) is 2.53. The van der Waals surface area contributed by atoms with E-state index in [9.17, 15) is 0 Å². The Kier molecular flexibility index (Phi) is 29.6. The van der Waals surface area contributed by atoms with E-state index in [4.69, 9.17) is 29.7 Å². The molecule has 1 aliphatic carbocycles. The van der Waals surface area contributed by atoms with E-state index in [0.29, 0.717) is 0 Å². The predicted molar refractivity (Wildman–Crippen MR) is 53.6 cm³/mol. The monoisotopic (exact) mass is 290 g/mol. The van der Waals surface area contributed by atoms with Crippen LogP contribution in [0.5, 0.6) is 0 Å². The summed E-state index contributed by atoms with van der Waals surface area (Å²) >= 11 is 0. The minimum absolute atomic E-state index is 0. The Morgan fingerprint density at radius 3 is 1.28 bits per heavy atom. The molecule has 98 valence electrons. The maximum Gasteiger partial charge on any atom is 4.00 e. The molecule has 0 atom stereocenters. The Labute approximate surface area is 121 Å². The van der Waals surface area contributed by atoms with Crippen molar-refractivity contribution in [2.45, 2.75) is 27.2 Å². The molecule has 0 heterocycles. The molecule has 0 saturated carbocycles. The zero-order chi connectivity index (χ0) is 14.3. The van der Waals surface area contributed by atoms with Gasteiger partial charge in [0.15, 0.2) is 0 Å². The summed E-state index contributed by atoms with van der Waals surface area (Å²) in [7, 11) is 0. The van der Waals surface area contributed by atoms with Gasteiger partial charge in [0, 0.05) is 17.9 Å². The van der Waals surface area contributed by atoms with Crippen molar-refractivity contribution < 1.29 is 51.4 Å². The third-order valence-corrected chi connectivity index (χ3v) is 0.586. The molecule has 7 heteroatoms. The van der Waals surface area contributed by atoms with E-state index in [0.717, 1.165) is 27.2 Å². The molecule has 0 aromatic carbocycles. The summed E-state index contributed by atoms with van der Waals surface area (Å²) in [5.74, 6) is -3.25. The van der Waals surface area contributed by atoms with E-state index in [1.165, 1.54) is 0 Å². The molecule has 0 spiro atoms. The number of hydrogen-bond acceptors (Lipinski definition) is 6. The average molecular weight is 290 g/mol. The Morgan fingerprint density at radius 1 is 0.944 bits per heavy atom. The molecule has 18 heavy (non-hydrogen) atoms. The first-order valence-corrected chi connectivity index (χ1v) is 4.44. The van der Waals surface area contributed by atoms with Gasteiger partial charge in [-0.05, 0) is 20.8 Å². The minimum atomic E-state index is -1.08. The maximum atomic E-state index is 8.89. The first-order valence-electron chi connectivity index (χ1n) is 4.44. The molecule has 0 saturated heterocycles. The van der Waals surface area contributed by atoms with Crippen LogP contribution in [0.2, 0.25) is 0 Å². The summed E-state index contributed by atoms with van der Waals surface area (Å²) in [6, 6.07) is 0. The Morgan fingerprint density at radius 2 is 1.22 bits per heavy atom. The van der Waals surface area contributed by atoms with Gasteiger partial charge in [0.2, 0.25) is 0 Å². The van der Waals surface area contributed by atoms with Gasteiger partial charge in [-0.2, -0.15) is 6.08 Å². The smallest absolute Gasteiger partial charge is 0.550 e. The molecule has 1 aliphatic rings. The van der Waals surface area contributed by atoms with E-state index < -0.39 is 17.9 Å². The SMILES string of the molecule is CC(=O)[O-].CC(=O)[O-].CC(=O)[O-].[C-]1=CC=CC1.[Ti+4]. The molecule has 0 aromatic rings. The zero-order valence-corrected chi connectivity index (χ0v) is 12.0. The number of carbonyl (C=O) groups is 3. The number of carboxylic acids is 3. The summed E-state index contributed by atoms with van der Waals surface area (Å²) in [6.45, 7) is 2.92. The molecule has 0 unspecified atom stereocenters. The first kappa shape index (κ1) is 25.4. The molecule has 0 bridgehead atoms. The largest absolute Gasteiger partial charge is 4.00 e. The van der Waals surface area contributed by atoms with Crippen LogP contribution in [0.15, 0.2) is 18.2 Å². The van der Waals surface area contributed by atoms with Crippen molar-refractivity contribution in [3.05, 3.63) is 24.3 Å². The quantitative estimate of drug-likeness (QED) is 0.361. The molecular weight excluding hydrogens is 276 g/mol. The van der Waals surface area contributed by atoms with Gasteiger partial charge < -0.3 is 29.7 Å². The summed E-state index contributed by atoms with van der Waals surface area (Å²) in [5, 5.41) is 26.7. The van der Waals surface area contributed by atoms with Crippen LogP contribution in [0.1, 0.15) is 27.2 Å². The molecule has 0 radical (unpaired) electrons. The van der Waals surface area contributed by atoms with E-state index in [2.05, 4.69) is 12.2 Å². The van der Waals surface area contributed by atoms with Crippen molar-refractivity contribution in [3.8, 4) is 0 Å². The van der Waals surface area contributed by atoms with E-state index in [-0.39, 0.29) is 21.7 Å². The van der Waals surface area contributed by atoms with Gasteiger partial charge in [-0.3, -0.25) is 6.08 Å². The van der Waals surface area contributed by atoms with Crippen LogP contribution in [-0.2, 0) is 36.1 Å². The van der Waals surface area contributed by atoms with Gasteiger partial charge >= 0.3 is 21.7 Å². The molecule has 0 aromatic heterocycles. The fourth-order valence-electron chi connectivity index (χ4n) is 0.340. The van der Waals surface area contributed by atoms with Crippen LogP contribution in [-0.4, -0.2) is 17.9 Å². The molecule has 0 aliphatic heterocycles. The molecule has 0 N–H and O–H groups in total. The molecule has 0 fully saturated rings. The third kappa shape index (κ3) is 208. The number of aliphatic carboxylic acids is 3. The second-order valence-corrected chi connectivity index (χ2v) is 2.48. The van der Waals surface area contributed by atoms with Gasteiger partial charge in [0.1, 0.15) is 0 Å². The summed E-state index contributed by atoms with van der Waals surface area (Å²) in [6.07, 6.45) is 10.0. The number of allylic oxidation sites excluding steroid dienone is 4. The molecule has 0 amide bonds. The van der Waals surface area contributed by atoms with Crippen molar-refractivity contribution in [1.82, 2.24) is 0 Å². The van der Waals surface area contributed by atoms with Crippen molar-refractivity contribution in [2.75, 3.05) is 0 Å². The first-order chi connectivity index (χ1) is 7.70. The zero-order valence-electron chi connectivity index (χ0n) is 10.4. The predicted octanol–water partition coefficient (Wildman–Crippen LogP) is -2.43. The van der Waals surface area contributed by atoms with E-state index in [1.807, 2.05) is 12.2 Å². The van der Waals surface area contributed by atoms with Crippen LogP contribution < -0.4 is 15.3 Å². The second kappa shape index (κ2) is 20.9. The van der Waals surface area contributed by atoms with Crippen molar-refractivity contribution in [3.63, 3.8) is 0 Å². The number of hydrogen-bond donors (Lipinski definition) is 0. The summed E-state index contributed by atoms with van der Waals surface area (Å²) in [4.78, 5) is 26.7. The van der Waals surface area contributed by atoms with Crippen LogP contribution >= 0.6 is 0 Å². The molecule has 6 nitrogen and oxygen atoms in total. The van der Waals surface area contributed by atoms with Gasteiger partial charge in [0.05, 0.1) is 0 Å². The van der Waals surface area contributed by atoms with Crippen molar-refractivity contribution >= 4 is 17.9 Å². The van der Waals surface area contributed by atoms with E-state index >= 15 is 0 Å². The van der Waals surface area contributed by atoms with Crippen LogP contribution in [0.4, 0.5) is 0 Å². The topological polar surface area (TPSA) is 120 Å². The van der Waals surface area contributed by atoms with Crippen molar-refractivity contribution in [2.24, 2.45) is 0 Å². The summed E-state index contributed by atoms with van der Waals surface area (Å²) in [5.41, 5.74) is 0. The van der Waals surface area contributed by atoms with Gasteiger partial charge in [-0.1, -0.05) is 0 Å². The van der Waals surface area contributed by atoms with Crippen LogP contribution in [0, 0.1) is 6.08 Å². The number of rotatable bonds is 0. The normalized spacial score (nSPS) is 9.06. The maximum absolute atomic E-state index is 8.89. The van der Waals surface area contributed by atoms with Crippen LogP contribution in [0.3, 0.4) is 0 Å². The standard InChI is InChI=1S/C5H5.3C2H4O2.Ti/c1-2-4-5-3-1;3*1-2(3)4;/h1-3H,4H2;3*1H3,(H,3,4);/q-1;;;;+4/p-3. The molecular formula is C11H14O6Ti. The Balaban J connectivity index is -0.0000000719. The van der Waals surface area contributed by atoms with Gasteiger partial charge in [-0.25, -0.2) is 12.2 Å². The Bertz CT molecular complexity index is 233. The van der Waals surface area contributed by atoms with Gasteiger partial charge in [0.25, 0.3) is 0 Å². The fraction of sp³-hybridized carbons (Fsp3) is 0.364. The summed E-state index contributed by atoms with van der Waals surface area (Å²) < 4.78 is 0. The van der Waals surface area contributed by atoms with Crippen molar-refractivity contribution in [1.29, 1.82) is 0 Å².